The second kappa shape index (κ2) is 7.39. The predicted molar refractivity (Wildman–Crippen MR) is 95.0 cm³/mol. The average Bonchev–Trinajstić information content (AvgIpc) is 3.00. The van der Waals surface area contributed by atoms with Crippen molar-refractivity contribution in [3.05, 3.63) is 70.7 Å². The lowest BCUT2D eigenvalue weighted by atomic mass is 10.1. The van der Waals surface area contributed by atoms with Gasteiger partial charge in [-0.25, -0.2) is 0 Å². The highest BCUT2D eigenvalue weighted by Gasteiger charge is 2.07. The van der Waals surface area contributed by atoms with Crippen molar-refractivity contribution in [2.75, 3.05) is 5.32 Å². The number of amides is 1. The van der Waals surface area contributed by atoms with E-state index in [1.165, 1.54) is 0 Å². The number of carbonyl (C=O) groups is 1. The standard InChI is InChI=1S/C17H15N3OS2/c1-12-19-20-17(23-12)22-11-13-7-9-14(10-8-13)16(21)18-15-5-3-2-4-6-15/h2-10H,11H2,1H3,(H,18,21). The minimum absolute atomic E-state index is 0.102. The van der Waals surface area contributed by atoms with E-state index in [0.29, 0.717) is 5.56 Å². The Hall–Kier alpha value is -2.18. The van der Waals surface area contributed by atoms with Crippen molar-refractivity contribution in [3.8, 4) is 0 Å². The fourth-order valence-electron chi connectivity index (χ4n) is 1.96. The summed E-state index contributed by atoms with van der Waals surface area (Å²) in [6, 6.07) is 17.1. The number of hydrogen-bond donors (Lipinski definition) is 1. The van der Waals surface area contributed by atoms with Crippen LogP contribution in [0.25, 0.3) is 0 Å². The van der Waals surface area contributed by atoms with E-state index < -0.39 is 0 Å². The third-order valence-corrected chi connectivity index (χ3v) is 5.16. The van der Waals surface area contributed by atoms with Gasteiger partial charge in [-0.1, -0.05) is 53.4 Å². The Morgan fingerprint density at radius 2 is 1.83 bits per heavy atom. The normalized spacial score (nSPS) is 10.5. The number of nitrogens with zero attached hydrogens (tertiary/aromatic N) is 2. The number of hydrogen-bond acceptors (Lipinski definition) is 5. The van der Waals surface area contributed by atoms with Crippen LogP contribution < -0.4 is 5.32 Å². The molecule has 0 fully saturated rings. The summed E-state index contributed by atoms with van der Waals surface area (Å²) in [6.07, 6.45) is 0. The molecule has 1 heterocycles. The van der Waals surface area contributed by atoms with Gasteiger partial charge in [0.2, 0.25) is 0 Å². The van der Waals surface area contributed by atoms with E-state index in [-0.39, 0.29) is 5.91 Å². The molecule has 0 bridgehead atoms. The van der Waals surface area contributed by atoms with Crippen molar-refractivity contribution >= 4 is 34.7 Å². The number of thioether (sulfide) groups is 1. The van der Waals surface area contributed by atoms with Crippen LogP contribution in [0.3, 0.4) is 0 Å². The summed E-state index contributed by atoms with van der Waals surface area (Å²) in [5.41, 5.74) is 2.59. The number of carbonyl (C=O) groups excluding carboxylic acids is 1. The van der Waals surface area contributed by atoms with Gasteiger partial charge >= 0.3 is 0 Å². The molecule has 116 valence electrons. The zero-order valence-corrected chi connectivity index (χ0v) is 14.2. The number of para-hydroxylation sites is 1. The van der Waals surface area contributed by atoms with Crippen LogP contribution in [-0.4, -0.2) is 16.1 Å². The van der Waals surface area contributed by atoms with Gasteiger partial charge in [-0.15, -0.1) is 10.2 Å². The van der Waals surface area contributed by atoms with Crippen LogP contribution in [-0.2, 0) is 5.75 Å². The molecule has 3 aromatic rings. The predicted octanol–water partition coefficient (Wildman–Crippen LogP) is 4.39. The second-order valence-electron chi connectivity index (χ2n) is 4.89. The third kappa shape index (κ3) is 4.40. The van der Waals surface area contributed by atoms with Crippen LogP contribution in [0.1, 0.15) is 20.9 Å². The van der Waals surface area contributed by atoms with Crippen molar-refractivity contribution in [1.29, 1.82) is 0 Å². The van der Waals surface area contributed by atoms with Crippen molar-refractivity contribution in [1.82, 2.24) is 10.2 Å². The molecule has 1 N–H and O–H groups in total. The SMILES string of the molecule is Cc1nnc(SCc2ccc(C(=O)Nc3ccccc3)cc2)s1. The molecule has 6 heteroatoms. The zero-order chi connectivity index (χ0) is 16.1. The van der Waals surface area contributed by atoms with E-state index in [1.807, 2.05) is 61.5 Å². The first-order valence-electron chi connectivity index (χ1n) is 7.09. The van der Waals surface area contributed by atoms with Crippen LogP contribution in [0.5, 0.6) is 0 Å². The van der Waals surface area contributed by atoms with Crippen LogP contribution in [0.15, 0.2) is 58.9 Å². The van der Waals surface area contributed by atoms with Crippen LogP contribution in [0.2, 0.25) is 0 Å². The Morgan fingerprint density at radius 3 is 2.48 bits per heavy atom. The summed E-state index contributed by atoms with van der Waals surface area (Å²) >= 11 is 3.25. The van der Waals surface area contributed by atoms with Crippen LogP contribution in [0.4, 0.5) is 5.69 Å². The Bertz CT molecular complexity index is 785. The van der Waals surface area contributed by atoms with E-state index in [1.54, 1.807) is 23.1 Å². The molecule has 1 aromatic heterocycles. The Morgan fingerprint density at radius 1 is 1.09 bits per heavy atom. The van der Waals surface area contributed by atoms with Gasteiger partial charge in [-0.3, -0.25) is 4.79 Å². The molecule has 0 spiro atoms. The lowest BCUT2D eigenvalue weighted by molar-refractivity contribution is 0.102. The number of benzene rings is 2. The topological polar surface area (TPSA) is 54.9 Å². The largest absolute Gasteiger partial charge is 0.322 e. The second-order valence-corrected chi connectivity index (χ2v) is 7.30. The highest BCUT2D eigenvalue weighted by molar-refractivity contribution is 8.00. The number of rotatable bonds is 5. The lowest BCUT2D eigenvalue weighted by Gasteiger charge is -2.06. The van der Waals surface area contributed by atoms with Crippen molar-refractivity contribution in [2.45, 2.75) is 17.0 Å². The zero-order valence-electron chi connectivity index (χ0n) is 12.5. The first-order chi connectivity index (χ1) is 11.2. The molecule has 0 atom stereocenters. The van der Waals surface area contributed by atoms with Gasteiger partial charge in [0.15, 0.2) is 4.34 Å². The molecule has 0 aliphatic carbocycles. The molecule has 1 amide bonds. The van der Waals surface area contributed by atoms with Crippen molar-refractivity contribution in [2.24, 2.45) is 0 Å². The highest BCUT2D eigenvalue weighted by Crippen LogP contribution is 2.25. The molecule has 3 rings (SSSR count). The first-order valence-corrected chi connectivity index (χ1v) is 8.89. The Kier molecular flexibility index (Phi) is 5.05. The molecule has 0 aliphatic heterocycles. The molecule has 0 radical (unpaired) electrons. The summed E-state index contributed by atoms with van der Waals surface area (Å²) in [6.45, 7) is 1.95. The molecule has 4 nitrogen and oxygen atoms in total. The summed E-state index contributed by atoms with van der Waals surface area (Å²) < 4.78 is 0.966. The molecule has 0 saturated heterocycles. The molecular formula is C17H15N3OS2. The number of nitrogens with one attached hydrogen (secondary N) is 1. The minimum atomic E-state index is -0.102. The van der Waals surface area contributed by atoms with E-state index in [2.05, 4.69) is 15.5 Å². The molecular weight excluding hydrogens is 326 g/mol. The monoisotopic (exact) mass is 341 g/mol. The summed E-state index contributed by atoms with van der Waals surface area (Å²) in [4.78, 5) is 12.2. The van der Waals surface area contributed by atoms with Crippen molar-refractivity contribution in [3.63, 3.8) is 0 Å². The number of anilines is 1. The van der Waals surface area contributed by atoms with E-state index in [9.17, 15) is 4.79 Å². The maximum Gasteiger partial charge on any atom is 0.255 e. The van der Waals surface area contributed by atoms with E-state index in [4.69, 9.17) is 0 Å². The molecule has 0 saturated carbocycles. The maximum absolute atomic E-state index is 12.2. The smallest absolute Gasteiger partial charge is 0.255 e. The lowest BCUT2D eigenvalue weighted by Crippen LogP contribution is -2.11. The third-order valence-electron chi connectivity index (χ3n) is 3.12. The molecule has 23 heavy (non-hydrogen) atoms. The fraction of sp³-hybridized carbons (Fsp3) is 0.118. The summed E-state index contributed by atoms with van der Waals surface area (Å²) in [5, 5.41) is 11.9. The van der Waals surface area contributed by atoms with E-state index >= 15 is 0 Å². The van der Waals surface area contributed by atoms with Gasteiger partial charge in [0.05, 0.1) is 0 Å². The molecule has 0 unspecified atom stereocenters. The fourth-order valence-corrected chi connectivity index (χ4v) is 3.73. The minimum Gasteiger partial charge on any atom is -0.322 e. The highest BCUT2D eigenvalue weighted by atomic mass is 32.2. The average molecular weight is 341 g/mol. The van der Waals surface area contributed by atoms with Crippen molar-refractivity contribution < 1.29 is 4.79 Å². The van der Waals surface area contributed by atoms with Gasteiger partial charge < -0.3 is 5.32 Å². The Balaban J connectivity index is 1.59. The van der Waals surface area contributed by atoms with Gasteiger partial charge in [-0.05, 0) is 36.8 Å². The van der Waals surface area contributed by atoms with Crippen LogP contribution >= 0.6 is 23.1 Å². The number of aromatic nitrogens is 2. The van der Waals surface area contributed by atoms with E-state index in [0.717, 1.165) is 26.4 Å². The first kappa shape index (κ1) is 15.7. The summed E-state index contributed by atoms with van der Waals surface area (Å²) in [7, 11) is 0. The molecule has 0 aliphatic rings. The molecule has 2 aromatic carbocycles. The maximum atomic E-state index is 12.2. The van der Waals surface area contributed by atoms with Gasteiger partial charge in [0, 0.05) is 17.0 Å². The van der Waals surface area contributed by atoms with Gasteiger partial charge in [-0.2, -0.15) is 0 Å². The quantitative estimate of drug-likeness (QED) is 0.699. The summed E-state index contributed by atoms with van der Waals surface area (Å²) in [5.74, 6) is 0.713. The van der Waals surface area contributed by atoms with Gasteiger partial charge in [0.25, 0.3) is 5.91 Å². The number of aryl methyl sites for hydroxylation is 1. The Labute approximate surface area is 143 Å². The van der Waals surface area contributed by atoms with Gasteiger partial charge in [0.1, 0.15) is 5.01 Å². The van der Waals surface area contributed by atoms with Crippen LogP contribution in [0, 0.1) is 6.92 Å².